The molecule has 0 heterocycles. The third kappa shape index (κ3) is 87.6. The number of carbonyl (C=O) groups is 5. The largest absolute Gasteiger partial charge is 0.377 e. The summed E-state index contributed by atoms with van der Waals surface area (Å²) in [6.07, 6.45) is 6.10. The molecular weight excluding hydrogens is 1080 g/mol. The summed E-state index contributed by atoms with van der Waals surface area (Å²) >= 11 is 0. The van der Waals surface area contributed by atoms with Gasteiger partial charge in [0.15, 0.2) is 0 Å². The highest BCUT2D eigenvalue weighted by molar-refractivity contribution is 5.79. The minimum atomic E-state index is -0.294. The van der Waals surface area contributed by atoms with Gasteiger partial charge in [-0.25, -0.2) is 0 Å². The van der Waals surface area contributed by atoms with Crippen molar-refractivity contribution in [2.24, 2.45) is 33.5 Å². The lowest BCUT2D eigenvalue weighted by Crippen LogP contribution is -2.35. The van der Waals surface area contributed by atoms with Crippen LogP contribution in [0.25, 0.3) is 0 Å². The van der Waals surface area contributed by atoms with E-state index in [2.05, 4.69) is 110 Å². The van der Waals surface area contributed by atoms with Crippen molar-refractivity contribution in [1.82, 2.24) is 26.6 Å². The van der Waals surface area contributed by atoms with Crippen LogP contribution in [0.4, 0.5) is 0 Å². The molecule has 85 heavy (non-hydrogen) atoms. The number of rotatable bonds is 28. The molecule has 2 atom stereocenters. The summed E-state index contributed by atoms with van der Waals surface area (Å²) in [4.78, 5) is 57.7. The van der Waals surface area contributed by atoms with Crippen LogP contribution in [0.3, 0.4) is 0 Å². The van der Waals surface area contributed by atoms with Gasteiger partial charge in [-0.05, 0) is 185 Å². The Morgan fingerprint density at radius 3 is 0.800 bits per heavy atom. The van der Waals surface area contributed by atoms with E-state index in [0.29, 0.717) is 68.9 Å². The highest BCUT2D eigenvalue weighted by Gasteiger charge is 2.21. The van der Waals surface area contributed by atoms with E-state index in [0.717, 1.165) is 51.6 Å². The Balaban J connectivity index is -0.000000314. The molecule has 0 radical (unpaired) electrons. The Labute approximate surface area is 524 Å². The van der Waals surface area contributed by atoms with Crippen LogP contribution in [-0.4, -0.2) is 149 Å². The second-order valence-corrected chi connectivity index (χ2v) is 33.0. The second-order valence-electron chi connectivity index (χ2n) is 33.0. The second kappa shape index (κ2) is 43.7. The van der Waals surface area contributed by atoms with E-state index >= 15 is 0 Å². The third-order valence-electron chi connectivity index (χ3n) is 11.1. The zero-order valence-electron chi connectivity index (χ0n) is 61.5. The molecule has 0 unspecified atom stereocenters. The van der Waals surface area contributed by atoms with Gasteiger partial charge in [-0.15, -0.1) is 0 Å². The van der Waals surface area contributed by atoms with Crippen molar-refractivity contribution in [2.45, 2.75) is 294 Å². The summed E-state index contributed by atoms with van der Waals surface area (Å²) in [5.74, 6) is 0.300. The first-order valence-corrected chi connectivity index (χ1v) is 31.6. The fourth-order valence-corrected chi connectivity index (χ4v) is 5.90. The molecule has 0 saturated carbocycles. The maximum Gasteiger partial charge on any atom is 0.246 e. The zero-order chi connectivity index (χ0) is 68.0. The molecule has 0 aliphatic carbocycles. The molecule has 17 nitrogen and oxygen atoms in total. The van der Waals surface area contributed by atoms with E-state index in [1.807, 2.05) is 138 Å². The number of amides is 5. The first-order chi connectivity index (χ1) is 37.8. The summed E-state index contributed by atoms with van der Waals surface area (Å²) in [6, 6.07) is 0. The van der Waals surface area contributed by atoms with Gasteiger partial charge in [0.2, 0.25) is 29.5 Å². The molecule has 0 fully saturated rings. The lowest BCUT2D eigenvalue weighted by molar-refractivity contribution is -0.131. The lowest BCUT2D eigenvalue weighted by Gasteiger charge is -2.22. The van der Waals surface area contributed by atoms with Crippen molar-refractivity contribution < 1.29 is 57.1 Å². The van der Waals surface area contributed by atoms with E-state index in [9.17, 15) is 24.0 Å². The first kappa shape index (κ1) is 90.8. The predicted molar refractivity (Wildman–Crippen MR) is 354 cm³/mol. The van der Waals surface area contributed by atoms with E-state index in [4.69, 9.17) is 33.2 Å². The highest BCUT2D eigenvalue weighted by atomic mass is 16.5. The van der Waals surface area contributed by atoms with Crippen LogP contribution < -0.4 is 26.6 Å². The van der Waals surface area contributed by atoms with E-state index in [1.165, 1.54) is 0 Å². The molecule has 0 aromatic rings. The maximum absolute atomic E-state index is 11.8. The van der Waals surface area contributed by atoms with Crippen molar-refractivity contribution in [3.63, 3.8) is 0 Å². The number of nitrogens with one attached hydrogen (secondary N) is 5. The SMILES string of the molecule is CC(C)(C)CCNC(=O)COC(C)(C)C.CC(C)(C)OCCNC(=O)COC(C)(C)C.CC(C)(C)OCCOCCNC(=O)COC(C)(C)C.C[C@H](CCC(C)(C)C)C(=O)NCCC(C)(C)C.C[C@H](CCC(C)(C)C)C(=O)NCCOC(C)(C)C. The molecule has 0 aromatic carbocycles. The maximum atomic E-state index is 11.8. The summed E-state index contributed by atoms with van der Waals surface area (Å²) in [6.45, 7) is 71.8. The van der Waals surface area contributed by atoms with Gasteiger partial charge in [-0.3, -0.25) is 24.0 Å². The van der Waals surface area contributed by atoms with Crippen LogP contribution >= 0.6 is 0 Å². The van der Waals surface area contributed by atoms with Gasteiger partial charge >= 0.3 is 0 Å². The van der Waals surface area contributed by atoms with Gasteiger partial charge in [0.25, 0.3) is 0 Å². The molecule has 5 amide bonds. The van der Waals surface area contributed by atoms with E-state index in [-0.39, 0.29) is 100 Å². The molecule has 0 bridgehead atoms. The summed E-state index contributed by atoms with van der Waals surface area (Å²) in [5.41, 5.74) is -0.0836. The summed E-state index contributed by atoms with van der Waals surface area (Å²) in [5, 5.41) is 14.3. The average molecular weight is 1220 g/mol. The van der Waals surface area contributed by atoms with Crippen LogP contribution in [0.15, 0.2) is 0 Å². The molecule has 17 heteroatoms. The topological polar surface area (TPSA) is 210 Å². The van der Waals surface area contributed by atoms with Crippen LogP contribution in [0.2, 0.25) is 0 Å². The van der Waals surface area contributed by atoms with Crippen molar-refractivity contribution in [2.75, 3.05) is 85.6 Å². The fraction of sp³-hybridized carbons (Fsp3) is 0.926. The fourth-order valence-electron chi connectivity index (χ4n) is 5.90. The van der Waals surface area contributed by atoms with Gasteiger partial charge in [-0.2, -0.15) is 0 Å². The first-order valence-electron chi connectivity index (χ1n) is 31.6. The van der Waals surface area contributed by atoms with Crippen molar-refractivity contribution >= 4 is 29.5 Å². The van der Waals surface area contributed by atoms with Gasteiger partial charge in [0.05, 0.1) is 66.6 Å². The predicted octanol–water partition coefficient (Wildman–Crippen LogP) is 13.2. The number of hydrogen-bond acceptors (Lipinski definition) is 12. The Kier molecular flexibility index (Phi) is 46.7. The minimum Gasteiger partial charge on any atom is -0.377 e. The molecule has 5 N–H and O–H groups in total. The van der Waals surface area contributed by atoms with Crippen LogP contribution in [-0.2, 0) is 57.1 Å². The Bertz CT molecular complexity index is 1740. The number of ether oxygens (including phenoxy) is 7. The third-order valence-corrected chi connectivity index (χ3v) is 11.1. The number of carbonyl (C=O) groups excluding carboxylic acids is 5. The molecule has 0 aromatic heterocycles. The standard InChI is InChI=1S/C15H31NO2.C15H31NO.C14H29NO4.C12H25NO3.C12H25NO2/c1-12(8-9-14(2,3)4)13(17)16-10-11-18-15(5,6)7;1-12(8-9-14(2,3)4)13(17)16-11-10-15(5,6)7;1-13(2,3)18-10-9-17-8-7-15-12(16)11-19-14(4,5)6;1-11(2,3)15-8-7-13-10(14)9-16-12(4,5)6;1-11(2,3)7-8-13-10(14)9-15-12(4,5)6/h12H,8-11H2,1-7H3,(H,16,17);12H,8-11H2,1-7H3,(H,16,17);7-11H2,1-6H3,(H,15,16);7-9H2,1-6H3,(H,13,14);7-9H2,1-6H3,(H,13,14)/t2*12-;;;/m11.../s1. The smallest absolute Gasteiger partial charge is 0.246 e. The van der Waals surface area contributed by atoms with Crippen LogP contribution in [0.1, 0.15) is 260 Å². The van der Waals surface area contributed by atoms with Gasteiger partial charge < -0.3 is 59.7 Å². The molecule has 0 saturated heterocycles. The van der Waals surface area contributed by atoms with Crippen LogP contribution in [0.5, 0.6) is 0 Å². The van der Waals surface area contributed by atoms with Crippen molar-refractivity contribution in [1.29, 1.82) is 0 Å². The zero-order valence-corrected chi connectivity index (χ0v) is 61.5. The minimum absolute atomic E-state index is 0.0332. The van der Waals surface area contributed by atoms with Crippen molar-refractivity contribution in [3.05, 3.63) is 0 Å². The van der Waals surface area contributed by atoms with Crippen molar-refractivity contribution in [3.8, 4) is 0 Å². The normalized spacial score (nSPS) is 13.4. The Hall–Kier alpha value is -2.93. The van der Waals surface area contributed by atoms with Gasteiger partial charge in [0.1, 0.15) is 19.8 Å². The number of hydrogen-bond donors (Lipinski definition) is 5. The monoisotopic (exact) mass is 1220 g/mol. The summed E-state index contributed by atoms with van der Waals surface area (Å²) in [7, 11) is 0. The molecule has 0 rings (SSSR count). The van der Waals surface area contributed by atoms with Gasteiger partial charge in [0, 0.05) is 44.6 Å². The van der Waals surface area contributed by atoms with E-state index < -0.39 is 0 Å². The molecule has 0 spiro atoms. The molecule has 510 valence electrons. The summed E-state index contributed by atoms with van der Waals surface area (Å²) < 4.78 is 37.9. The molecular formula is C68H141N5O12. The lowest BCUT2D eigenvalue weighted by atomic mass is 9.87. The highest BCUT2D eigenvalue weighted by Crippen LogP contribution is 2.25. The van der Waals surface area contributed by atoms with Crippen LogP contribution in [0, 0.1) is 33.5 Å². The van der Waals surface area contributed by atoms with Gasteiger partial charge in [-0.1, -0.05) is 96.9 Å². The van der Waals surface area contributed by atoms with E-state index in [1.54, 1.807) is 0 Å². The Morgan fingerprint density at radius 2 is 0.518 bits per heavy atom. The quantitative estimate of drug-likeness (QED) is 0.0464. The molecule has 0 aliphatic heterocycles. The average Bonchev–Trinajstić information content (AvgIpc) is 3.28. The Morgan fingerprint density at radius 1 is 0.282 bits per heavy atom. The molecule has 0 aliphatic rings.